The van der Waals surface area contributed by atoms with Crippen molar-refractivity contribution in [2.24, 2.45) is 0 Å². The van der Waals surface area contributed by atoms with Gasteiger partial charge in [-0.2, -0.15) is 0 Å². The lowest BCUT2D eigenvalue weighted by Crippen LogP contribution is -2.23. The van der Waals surface area contributed by atoms with E-state index in [-0.39, 0.29) is 0 Å². The van der Waals surface area contributed by atoms with E-state index < -0.39 is 0 Å². The van der Waals surface area contributed by atoms with Crippen molar-refractivity contribution < 1.29 is 4.74 Å². The van der Waals surface area contributed by atoms with Gasteiger partial charge < -0.3 is 10.1 Å². The molecule has 1 aromatic heterocycles. The molecule has 2 nitrogen and oxygen atoms in total. The first kappa shape index (κ1) is 15.5. The Morgan fingerprint density at radius 3 is 2.55 bits per heavy atom. The van der Waals surface area contributed by atoms with Crippen molar-refractivity contribution in [1.29, 1.82) is 0 Å². The standard InChI is InChI=1S/C16H20BrNOS/c1-3-9-18-15(11-16-14(17)8-10-20-16)12-4-6-13(19-2)7-5-12/h4-8,10,15,18H,3,9,11H2,1-2H3. The number of benzene rings is 1. The van der Waals surface area contributed by atoms with Crippen molar-refractivity contribution >= 4 is 27.3 Å². The molecule has 1 heterocycles. The first-order chi connectivity index (χ1) is 9.74. The number of hydrogen-bond acceptors (Lipinski definition) is 3. The molecule has 0 saturated heterocycles. The Morgan fingerprint density at radius 1 is 1.25 bits per heavy atom. The molecule has 0 bridgehead atoms. The molecule has 0 amide bonds. The summed E-state index contributed by atoms with van der Waals surface area (Å²) in [4.78, 5) is 1.38. The third kappa shape index (κ3) is 4.08. The number of ether oxygens (including phenoxy) is 1. The van der Waals surface area contributed by atoms with Crippen LogP contribution in [0.2, 0.25) is 0 Å². The Labute approximate surface area is 133 Å². The molecule has 1 N–H and O–H groups in total. The molecule has 20 heavy (non-hydrogen) atoms. The Morgan fingerprint density at radius 2 is 2.00 bits per heavy atom. The summed E-state index contributed by atoms with van der Waals surface area (Å²) in [5, 5.41) is 5.76. The molecule has 108 valence electrons. The minimum Gasteiger partial charge on any atom is -0.497 e. The second-order valence-electron chi connectivity index (χ2n) is 4.68. The fourth-order valence-electron chi connectivity index (χ4n) is 2.12. The Bertz CT molecular complexity index is 524. The highest BCUT2D eigenvalue weighted by molar-refractivity contribution is 9.10. The number of nitrogens with one attached hydrogen (secondary N) is 1. The molecule has 0 spiro atoms. The van der Waals surface area contributed by atoms with Crippen LogP contribution in [-0.2, 0) is 6.42 Å². The highest BCUT2D eigenvalue weighted by Gasteiger charge is 2.14. The van der Waals surface area contributed by atoms with Gasteiger partial charge in [0, 0.05) is 21.8 Å². The average Bonchev–Trinajstić information content (AvgIpc) is 2.89. The lowest BCUT2D eigenvalue weighted by atomic mass is 10.0. The molecular formula is C16H20BrNOS. The van der Waals surface area contributed by atoms with Crippen molar-refractivity contribution in [3.8, 4) is 5.75 Å². The second-order valence-corrected chi connectivity index (χ2v) is 6.53. The van der Waals surface area contributed by atoms with Gasteiger partial charge in [0.05, 0.1) is 7.11 Å². The van der Waals surface area contributed by atoms with Gasteiger partial charge in [-0.3, -0.25) is 0 Å². The highest BCUT2D eigenvalue weighted by atomic mass is 79.9. The molecule has 0 aliphatic rings. The van der Waals surface area contributed by atoms with Crippen LogP contribution in [0.1, 0.15) is 29.8 Å². The van der Waals surface area contributed by atoms with Crippen LogP contribution in [-0.4, -0.2) is 13.7 Å². The zero-order valence-corrected chi connectivity index (χ0v) is 14.3. The molecule has 0 fully saturated rings. The summed E-state index contributed by atoms with van der Waals surface area (Å²) in [5.41, 5.74) is 1.31. The van der Waals surface area contributed by atoms with Crippen LogP contribution in [0.5, 0.6) is 5.75 Å². The molecule has 1 atom stereocenters. The first-order valence-electron chi connectivity index (χ1n) is 6.83. The number of halogens is 1. The predicted octanol–water partition coefficient (Wildman–Crippen LogP) is 4.80. The van der Waals surface area contributed by atoms with Crippen LogP contribution >= 0.6 is 27.3 Å². The molecule has 4 heteroatoms. The van der Waals surface area contributed by atoms with Crippen molar-refractivity contribution in [2.75, 3.05) is 13.7 Å². The smallest absolute Gasteiger partial charge is 0.118 e. The largest absolute Gasteiger partial charge is 0.497 e. The lowest BCUT2D eigenvalue weighted by molar-refractivity contribution is 0.414. The van der Waals surface area contributed by atoms with Crippen LogP contribution in [0, 0.1) is 0 Å². The van der Waals surface area contributed by atoms with Crippen LogP contribution < -0.4 is 10.1 Å². The van der Waals surface area contributed by atoms with E-state index in [1.807, 2.05) is 12.1 Å². The number of thiophene rings is 1. The summed E-state index contributed by atoms with van der Waals surface area (Å²) < 4.78 is 6.44. The number of rotatable bonds is 7. The summed E-state index contributed by atoms with van der Waals surface area (Å²) in [6, 6.07) is 10.8. The van der Waals surface area contributed by atoms with E-state index in [0.29, 0.717) is 6.04 Å². The maximum Gasteiger partial charge on any atom is 0.118 e. The normalized spacial score (nSPS) is 12.3. The summed E-state index contributed by atoms with van der Waals surface area (Å²) in [7, 11) is 1.70. The summed E-state index contributed by atoms with van der Waals surface area (Å²) in [6.45, 7) is 3.22. The van der Waals surface area contributed by atoms with E-state index in [9.17, 15) is 0 Å². The molecule has 0 radical (unpaired) electrons. The van der Waals surface area contributed by atoms with Gasteiger partial charge >= 0.3 is 0 Å². The minimum atomic E-state index is 0.343. The monoisotopic (exact) mass is 353 g/mol. The van der Waals surface area contributed by atoms with Gasteiger partial charge in [-0.15, -0.1) is 11.3 Å². The molecular weight excluding hydrogens is 334 g/mol. The molecule has 2 rings (SSSR count). The number of methoxy groups -OCH3 is 1. The quantitative estimate of drug-likeness (QED) is 0.771. The summed E-state index contributed by atoms with van der Waals surface area (Å²) in [6.07, 6.45) is 2.14. The molecule has 0 saturated carbocycles. The van der Waals surface area contributed by atoms with Crippen molar-refractivity contribution in [2.45, 2.75) is 25.8 Å². The maximum absolute atomic E-state index is 5.23. The maximum atomic E-state index is 5.23. The summed E-state index contributed by atoms with van der Waals surface area (Å²) in [5.74, 6) is 0.903. The Balaban J connectivity index is 2.15. The molecule has 1 aromatic carbocycles. The van der Waals surface area contributed by atoms with Gasteiger partial charge in [0.2, 0.25) is 0 Å². The average molecular weight is 354 g/mol. The van der Waals surface area contributed by atoms with Crippen LogP contribution in [0.15, 0.2) is 40.2 Å². The van der Waals surface area contributed by atoms with Crippen molar-refractivity contribution in [3.63, 3.8) is 0 Å². The predicted molar refractivity (Wildman–Crippen MR) is 89.8 cm³/mol. The first-order valence-corrected chi connectivity index (χ1v) is 8.51. The van der Waals surface area contributed by atoms with Gasteiger partial charge in [-0.1, -0.05) is 19.1 Å². The van der Waals surface area contributed by atoms with Crippen LogP contribution in [0.25, 0.3) is 0 Å². The van der Waals surface area contributed by atoms with Crippen molar-refractivity contribution in [3.05, 3.63) is 50.6 Å². The van der Waals surface area contributed by atoms with E-state index in [1.54, 1.807) is 18.4 Å². The molecule has 1 unspecified atom stereocenters. The Kier molecular flexibility index (Phi) is 6.07. The zero-order chi connectivity index (χ0) is 14.4. The Hall–Kier alpha value is -0.840. The number of hydrogen-bond donors (Lipinski definition) is 1. The highest BCUT2D eigenvalue weighted by Crippen LogP contribution is 2.29. The van der Waals surface area contributed by atoms with Gasteiger partial charge in [-0.05, 0) is 58.0 Å². The van der Waals surface area contributed by atoms with E-state index in [1.165, 1.54) is 14.9 Å². The lowest BCUT2D eigenvalue weighted by Gasteiger charge is -2.19. The van der Waals surface area contributed by atoms with Gasteiger partial charge in [-0.25, -0.2) is 0 Å². The molecule has 2 aromatic rings. The van der Waals surface area contributed by atoms with E-state index in [0.717, 1.165) is 25.1 Å². The van der Waals surface area contributed by atoms with Crippen LogP contribution in [0.3, 0.4) is 0 Å². The topological polar surface area (TPSA) is 21.3 Å². The summed E-state index contributed by atoms with van der Waals surface area (Å²) >= 11 is 5.42. The van der Waals surface area contributed by atoms with Crippen molar-refractivity contribution in [1.82, 2.24) is 5.32 Å². The van der Waals surface area contributed by atoms with E-state index in [2.05, 4.69) is 51.7 Å². The molecule has 0 aliphatic carbocycles. The van der Waals surface area contributed by atoms with Crippen LogP contribution in [0.4, 0.5) is 0 Å². The van der Waals surface area contributed by atoms with Gasteiger partial charge in [0.15, 0.2) is 0 Å². The zero-order valence-electron chi connectivity index (χ0n) is 11.9. The third-order valence-corrected chi connectivity index (χ3v) is 5.19. The van der Waals surface area contributed by atoms with E-state index >= 15 is 0 Å². The molecule has 0 aliphatic heterocycles. The minimum absolute atomic E-state index is 0.343. The fourth-order valence-corrected chi connectivity index (χ4v) is 3.68. The third-order valence-electron chi connectivity index (χ3n) is 3.24. The second kappa shape index (κ2) is 7.81. The van der Waals surface area contributed by atoms with Gasteiger partial charge in [0.25, 0.3) is 0 Å². The van der Waals surface area contributed by atoms with Gasteiger partial charge in [0.1, 0.15) is 5.75 Å². The fraction of sp³-hybridized carbons (Fsp3) is 0.375. The van der Waals surface area contributed by atoms with E-state index in [4.69, 9.17) is 4.74 Å². The SMILES string of the molecule is CCCNC(Cc1sccc1Br)c1ccc(OC)cc1.